The average Bonchev–Trinajstić information content (AvgIpc) is 3.49. The summed E-state index contributed by atoms with van der Waals surface area (Å²) in [4.78, 5) is 13.2. The largest absolute Gasteiger partial charge is 0.461 e. The Bertz CT molecular complexity index is 1340. The number of nitrogens with zero attached hydrogens (tertiary/aromatic N) is 1. The zero-order valence-electron chi connectivity index (χ0n) is 27.9. The predicted molar refractivity (Wildman–Crippen MR) is 178 cm³/mol. The van der Waals surface area contributed by atoms with Gasteiger partial charge in [0.25, 0.3) is 0 Å². The number of carbonyl (C=O) groups excluding carboxylic acids is 1. The van der Waals surface area contributed by atoms with Crippen LogP contribution in [-0.2, 0) is 23.0 Å². The third-order valence-electron chi connectivity index (χ3n) is 13.3. The molecule has 1 aromatic heterocycles. The molecule has 3 fully saturated rings. The van der Waals surface area contributed by atoms with Crippen molar-refractivity contribution >= 4 is 16.9 Å². The van der Waals surface area contributed by atoms with Crippen molar-refractivity contribution in [1.82, 2.24) is 4.57 Å². The first kappa shape index (κ1) is 30.9. The summed E-state index contributed by atoms with van der Waals surface area (Å²) in [5, 5.41) is 1.17. The molecule has 4 aliphatic rings. The van der Waals surface area contributed by atoms with Crippen LogP contribution in [0.15, 0.2) is 42.1 Å². The first-order valence-corrected chi connectivity index (χ1v) is 17.7. The van der Waals surface area contributed by atoms with Gasteiger partial charge in [-0.15, -0.1) is 0 Å². The smallest absolute Gasteiger partial charge is 0.323 e. The minimum absolute atomic E-state index is 0.0432. The number of carbonyl (C=O) groups is 1. The molecule has 1 aromatic carbocycles. The van der Waals surface area contributed by atoms with Crippen LogP contribution in [0.3, 0.4) is 0 Å². The fourth-order valence-electron chi connectivity index (χ4n) is 10.9. The number of rotatable bonds is 9. The van der Waals surface area contributed by atoms with Crippen molar-refractivity contribution in [1.29, 1.82) is 0 Å². The molecule has 6 rings (SSSR count). The summed E-state index contributed by atoms with van der Waals surface area (Å²) in [6.07, 6.45) is 19.2. The molecular formula is C39H58N2O2. The van der Waals surface area contributed by atoms with Crippen LogP contribution in [-0.4, -0.2) is 22.7 Å². The quantitative estimate of drug-likeness (QED) is 0.236. The van der Waals surface area contributed by atoms with Crippen LogP contribution < -0.4 is 5.73 Å². The van der Waals surface area contributed by atoms with Gasteiger partial charge in [0.05, 0.1) is 0 Å². The minimum atomic E-state index is -0.636. The molecule has 1 heterocycles. The zero-order valence-corrected chi connectivity index (χ0v) is 27.9. The van der Waals surface area contributed by atoms with E-state index in [0.717, 1.165) is 60.3 Å². The van der Waals surface area contributed by atoms with E-state index in [0.29, 0.717) is 11.8 Å². The zero-order chi connectivity index (χ0) is 30.5. The number of fused-ring (bicyclic) bond motifs is 6. The molecule has 0 saturated heterocycles. The number of aryl methyl sites for hydroxylation is 1. The Kier molecular flexibility index (Phi) is 8.65. The molecule has 2 aromatic rings. The number of hydrogen-bond donors (Lipinski definition) is 1. The van der Waals surface area contributed by atoms with Gasteiger partial charge >= 0.3 is 5.97 Å². The number of allylic oxidation sites excluding steroid dienone is 1. The second kappa shape index (κ2) is 12.0. The van der Waals surface area contributed by atoms with E-state index < -0.39 is 6.04 Å². The topological polar surface area (TPSA) is 57.2 Å². The van der Waals surface area contributed by atoms with Crippen LogP contribution in [0.5, 0.6) is 0 Å². The van der Waals surface area contributed by atoms with E-state index in [4.69, 9.17) is 10.5 Å². The minimum Gasteiger partial charge on any atom is -0.461 e. The van der Waals surface area contributed by atoms with Crippen molar-refractivity contribution in [2.75, 3.05) is 0 Å². The van der Waals surface area contributed by atoms with Gasteiger partial charge in [0.2, 0.25) is 0 Å². The van der Waals surface area contributed by atoms with Crippen LogP contribution >= 0.6 is 0 Å². The Labute approximate surface area is 261 Å². The van der Waals surface area contributed by atoms with Crippen molar-refractivity contribution < 1.29 is 9.53 Å². The van der Waals surface area contributed by atoms with E-state index in [1.165, 1.54) is 62.3 Å². The van der Waals surface area contributed by atoms with E-state index in [9.17, 15) is 4.79 Å². The van der Waals surface area contributed by atoms with Gasteiger partial charge in [0.15, 0.2) is 0 Å². The van der Waals surface area contributed by atoms with Crippen LogP contribution in [0.25, 0.3) is 10.9 Å². The van der Waals surface area contributed by atoms with Gasteiger partial charge in [0.1, 0.15) is 12.1 Å². The summed E-state index contributed by atoms with van der Waals surface area (Å²) in [5.74, 6) is 4.82. The number of para-hydroxylation sites is 1. The lowest BCUT2D eigenvalue weighted by atomic mass is 9.47. The number of hydrogen-bond acceptors (Lipinski definition) is 3. The standard InChI is InChI=1S/C39H58N2O2/c1-25(2)10-9-11-26(3)32-16-17-33-31-15-14-28-23-29(18-20-38(28,4)34(31)19-21-39(32,33)5)43-37(42)35(40)22-27-24-41(6)36-13-8-7-12-30(27)36/h7-8,12-14,24-26,29,31-35H,9-11,15-23,40H2,1-6H3/t26-,29+,31+,32?,33?,34?,35+,38+,39-/m1/s1. The third kappa shape index (κ3) is 5.64. The summed E-state index contributed by atoms with van der Waals surface area (Å²) in [5.41, 5.74) is 11.1. The Balaban J connectivity index is 1.08. The van der Waals surface area contributed by atoms with Crippen molar-refractivity contribution in [3.63, 3.8) is 0 Å². The maximum atomic E-state index is 13.2. The summed E-state index contributed by atoms with van der Waals surface area (Å²) in [6, 6.07) is 7.68. The van der Waals surface area contributed by atoms with Gasteiger partial charge in [-0.05, 0) is 103 Å². The fraction of sp³-hybridized carbons (Fsp3) is 0.718. The Morgan fingerprint density at radius 3 is 2.63 bits per heavy atom. The second-order valence-electron chi connectivity index (χ2n) is 16.2. The third-order valence-corrected chi connectivity index (χ3v) is 13.3. The molecule has 2 N–H and O–H groups in total. The second-order valence-corrected chi connectivity index (χ2v) is 16.2. The lowest BCUT2D eigenvalue weighted by Crippen LogP contribution is -2.51. The van der Waals surface area contributed by atoms with Gasteiger partial charge < -0.3 is 15.0 Å². The summed E-state index contributed by atoms with van der Waals surface area (Å²) in [6.45, 7) is 12.5. The normalized spacial score (nSPS) is 35.2. The van der Waals surface area contributed by atoms with Crippen LogP contribution in [0.4, 0.5) is 0 Å². The molecule has 3 unspecified atom stereocenters. The summed E-state index contributed by atoms with van der Waals surface area (Å²) < 4.78 is 8.25. The molecule has 0 spiro atoms. The number of benzene rings is 1. The van der Waals surface area contributed by atoms with E-state index in [2.05, 4.69) is 63.6 Å². The van der Waals surface area contributed by atoms with Gasteiger partial charge in [-0.1, -0.05) is 83.7 Å². The number of aromatic nitrogens is 1. The summed E-state index contributed by atoms with van der Waals surface area (Å²) in [7, 11) is 2.05. The van der Waals surface area contributed by atoms with Crippen molar-refractivity contribution in [3.8, 4) is 0 Å². The van der Waals surface area contributed by atoms with E-state index in [1.54, 1.807) is 5.57 Å². The average molecular weight is 587 g/mol. The van der Waals surface area contributed by atoms with Crippen LogP contribution in [0.1, 0.15) is 111 Å². The molecule has 0 amide bonds. The molecular weight excluding hydrogens is 528 g/mol. The monoisotopic (exact) mass is 586 g/mol. The number of ether oxygens (including phenoxy) is 1. The first-order chi connectivity index (χ1) is 20.5. The maximum absolute atomic E-state index is 13.2. The Hall–Kier alpha value is -2.07. The van der Waals surface area contributed by atoms with E-state index in [1.807, 2.05) is 19.2 Å². The fourth-order valence-corrected chi connectivity index (χ4v) is 10.9. The van der Waals surface area contributed by atoms with E-state index >= 15 is 0 Å². The highest BCUT2D eigenvalue weighted by Crippen LogP contribution is 2.67. The molecule has 4 aliphatic carbocycles. The molecule has 3 saturated carbocycles. The SMILES string of the molecule is CC(C)CCC[C@@H](C)C1CCC2[C@@H]3CC=C4C[C@@H](OC(=O)[C@@H](N)Cc5cn(C)c6ccccc56)CC[C@]4(C)C3CC[C@@]21C. The van der Waals surface area contributed by atoms with Gasteiger partial charge in [0, 0.05) is 37.0 Å². The molecule has 43 heavy (non-hydrogen) atoms. The maximum Gasteiger partial charge on any atom is 0.323 e. The molecule has 4 heteroatoms. The molecule has 236 valence electrons. The Morgan fingerprint density at radius 1 is 1.05 bits per heavy atom. The number of nitrogens with two attached hydrogens (primary N) is 1. The molecule has 9 atom stereocenters. The lowest BCUT2D eigenvalue weighted by Gasteiger charge is -2.58. The van der Waals surface area contributed by atoms with Gasteiger partial charge in [-0.3, -0.25) is 4.79 Å². The van der Waals surface area contributed by atoms with E-state index in [-0.39, 0.29) is 17.5 Å². The van der Waals surface area contributed by atoms with Crippen LogP contribution in [0, 0.1) is 46.3 Å². The molecule has 0 aliphatic heterocycles. The number of esters is 1. The van der Waals surface area contributed by atoms with Crippen molar-refractivity contribution in [2.45, 2.75) is 124 Å². The highest BCUT2D eigenvalue weighted by atomic mass is 16.5. The highest BCUT2D eigenvalue weighted by Gasteiger charge is 2.59. The Morgan fingerprint density at radius 2 is 1.84 bits per heavy atom. The summed E-state index contributed by atoms with van der Waals surface area (Å²) >= 11 is 0. The van der Waals surface area contributed by atoms with Crippen molar-refractivity contribution in [3.05, 3.63) is 47.7 Å². The molecule has 0 radical (unpaired) electrons. The molecule has 4 nitrogen and oxygen atoms in total. The predicted octanol–water partition coefficient (Wildman–Crippen LogP) is 9.00. The van der Waals surface area contributed by atoms with Gasteiger partial charge in [-0.25, -0.2) is 0 Å². The first-order valence-electron chi connectivity index (χ1n) is 17.7. The highest BCUT2D eigenvalue weighted by molar-refractivity contribution is 5.85. The lowest BCUT2D eigenvalue weighted by molar-refractivity contribution is -0.153. The van der Waals surface area contributed by atoms with Crippen molar-refractivity contribution in [2.24, 2.45) is 59.1 Å². The van der Waals surface area contributed by atoms with Crippen LogP contribution in [0.2, 0.25) is 0 Å². The molecule has 0 bridgehead atoms. The van der Waals surface area contributed by atoms with Gasteiger partial charge in [-0.2, -0.15) is 0 Å².